The molecule has 1 heterocycles. The topological polar surface area (TPSA) is 20.3 Å². The lowest BCUT2D eigenvalue weighted by Crippen LogP contribution is -2.02. The van der Waals surface area contributed by atoms with Crippen LogP contribution < -0.4 is 0 Å². The molecule has 2 nitrogen and oxygen atoms in total. The highest BCUT2D eigenvalue weighted by atomic mass is 35.5. The maximum absolute atomic E-state index is 11.5. The van der Waals surface area contributed by atoms with E-state index in [1.165, 1.54) is 17.4 Å². The Bertz CT molecular complexity index is 371. The van der Waals surface area contributed by atoms with Crippen LogP contribution in [0.4, 0.5) is 0 Å². The quantitative estimate of drug-likeness (QED) is 0.606. The average molecular weight is 250 g/mol. The van der Waals surface area contributed by atoms with Gasteiger partial charge in [-0.3, -0.25) is 4.79 Å². The van der Waals surface area contributed by atoms with Gasteiger partial charge >= 0.3 is 0 Å². The van der Waals surface area contributed by atoms with Gasteiger partial charge in [0, 0.05) is 26.4 Å². The molecule has 0 atom stereocenters. The molecule has 0 spiro atoms. The van der Waals surface area contributed by atoms with Gasteiger partial charge in [-0.15, -0.1) is 11.3 Å². The second-order valence-electron chi connectivity index (χ2n) is 2.88. The SMILES string of the molecule is CN(C)/C=C/C(=O)c1cc(Cl)sc1Cl. The van der Waals surface area contributed by atoms with Gasteiger partial charge in [-0.2, -0.15) is 0 Å². The number of nitrogens with zero attached hydrogens (tertiary/aromatic N) is 1. The second kappa shape index (κ2) is 4.82. The van der Waals surface area contributed by atoms with E-state index < -0.39 is 0 Å². The molecule has 0 radical (unpaired) electrons. The van der Waals surface area contributed by atoms with Crippen molar-refractivity contribution in [2.24, 2.45) is 0 Å². The van der Waals surface area contributed by atoms with E-state index in [9.17, 15) is 4.79 Å². The normalized spacial score (nSPS) is 10.9. The highest BCUT2D eigenvalue weighted by Crippen LogP contribution is 2.31. The average Bonchev–Trinajstić information content (AvgIpc) is 2.41. The van der Waals surface area contributed by atoms with Crippen LogP contribution in [0, 0.1) is 0 Å². The standard InChI is InChI=1S/C9H9Cl2NOS/c1-12(2)4-3-7(13)6-5-8(10)14-9(6)11/h3-5H,1-2H3/b4-3+. The van der Waals surface area contributed by atoms with Crippen LogP contribution in [0.5, 0.6) is 0 Å². The van der Waals surface area contributed by atoms with E-state index in [1.807, 2.05) is 14.1 Å². The molecule has 0 aromatic carbocycles. The molecule has 0 aliphatic heterocycles. The maximum atomic E-state index is 11.5. The summed E-state index contributed by atoms with van der Waals surface area (Å²) in [7, 11) is 3.68. The minimum Gasteiger partial charge on any atom is -0.383 e. The van der Waals surface area contributed by atoms with Gasteiger partial charge in [0.05, 0.1) is 9.90 Å². The molecule has 0 unspecified atom stereocenters. The zero-order valence-corrected chi connectivity index (χ0v) is 10.1. The van der Waals surface area contributed by atoms with Gasteiger partial charge in [0.25, 0.3) is 0 Å². The van der Waals surface area contributed by atoms with Crippen molar-refractivity contribution < 1.29 is 4.79 Å². The fraction of sp³-hybridized carbons (Fsp3) is 0.222. The second-order valence-corrected chi connectivity index (χ2v) is 5.17. The Morgan fingerprint density at radius 3 is 2.57 bits per heavy atom. The number of halogens is 2. The molecule has 0 aliphatic rings. The third-order valence-electron chi connectivity index (χ3n) is 1.45. The van der Waals surface area contributed by atoms with Crippen molar-refractivity contribution in [3.05, 3.63) is 32.6 Å². The third kappa shape index (κ3) is 3.01. The van der Waals surface area contributed by atoms with E-state index in [2.05, 4.69) is 0 Å². The van der Waals surface area contributed by atoms with Crippen LogP contribution in [0.1, 0.15) is 10.4 Å². The predicted molar refractivity (Wildman–Crippen MR) is 61.5 cm³/mol. The van der Waals surface area contributed by atoms with Crippen LogP contribution in [0.25, 0.3) is 0 Å². The van der Waals surface area contributed by atoms with Gasteiger partial charge in [0.1, 0.15) is 4.34 Å². The van der Waals surface area contributed by atoms with Gasteiger partial charge < -0.3 is 4.90 Å². The Morgan fingerprint density at radius 1 is 1.50 bits per heavy atom. The number of carbonyl (C=O) groups is 1. The van der Waals surface area contributed by atoms with Crippen LogP contribution in [0.15, 0.2) is 18.3 Å². The highest BCUT2D eigenvalue weighted by molar-refractivity contribution is 7.20. The van der Waals surface area contributed by atoms with Crippen molar-refractivity contribution in [1.29, 1.82) is 0 Å². The molecule has 14 heavy (non-hydrogen) atoms. The highest BCUT2D eigenvalue weighted by Gasteiger charge is 2.11. The molecule has 76 valence electrons. The van der Waals surface area contributed by atoms with E-state index in [1.54, 1.807) is 17.2 Å². The van der Waals surface area contributed by atoms with Crippen molar-refractivity contribution in [2.75, 3.05) is 14.1 Å². The first-order valence-electron chi connectivity index (χ1n) is 3.84. The molecule has 0 saturated carbocycles. The van der Waals surface area contributed by atoms with Gasteiger partial charge in [-0.1, -0.05) is 23.2 Å². The fourth-order valence-electron chi connectivity index (χ4n) is 0.815. The van der Waals surface area contributed by atoms with Gasteiger partial charge in [0.15, 0.2) is 5.78 Å². The van der Waals surface area contributed by atoms with E-state index in [4.69, 9.17) is 23.2 Å². The van der Waals surface area contributed by atoms with Gasteiger partial charge in [0.2, 0.25) is 0 Å². The minimum absolute atomic E-state index is 0.133. The Morgan fingerprint density at radius 2 is 2.14 bits per heavy atom. The Hall–Kier alpha value is -0.510. The molecule has 0 N–H and O–H groups in total. The molecular weight excluding hydrogens is 241 g/mol. The summed E-state index contributed by atoms with van der Waals surface area (Å²) in [4.78, 5) is 13.3. The van der Waals surface area contributed by atoms with Crippen LogP contribution in [-0.2, 0) is 0 Å². The first-order chi connectivity index (χ1) is 6.50. The smallest absolute Gasteiger partial charge is 0.189 e. The van der Waals surface area contributed by atoms with Gasteiger partial charge in [-0.05, 0) is 6.07 Å². The largest absolute Gasteiger partial charge is 0.383 e. The van der Waals surface area contributed by atoms with E-state index in [0.29, 0.717) is 14.2 Å². The minimum atomic E-state index is -0.133. The lowest BCUT2D eigenvalue weighted by atomic mass is 10.2. The van der Waals surface area contributed by atoms with Crippen molar-refractivity contribution >= 4 is 40.3 Å². The summed E-state index contributed by atoms with van der Waals surface area (Å²) in [6, 6.07) is 1.58. The number of carbonyl (C=O) groups excluding carboxylic acids is 1. The molecule has 1 aromatic heterocycles. The van der Waals surface area contributed by atoms with Crippen molar-refractivity contribution in [2.45, 2.75) is 0 Å². The van der Waals surface area contributed by atoms with E-state index >= 15 is 0 Å². The Kier molecular flexibility index (Phi) is 3.98. The summed E-state index contributed by atoms with van der Waals surface area (Å²) in [5.41, 5.74) is 0.458. The lowest BCUT2D eigenvalue weighted by molar-refractivity contribution is 0.104. The number of rotatable bonds is 3. The summed E-state index contributed by atoms with van der Waals surface area (Å²) in [5.74, 6) is -0.133. The number of hydrogen-bond acceptors (Lipinski definition) is 3. The summed E-state index contributed by atoms with van der Waals surface area (Å²) < 4.78 is 0.958. The molecule has 0 fully saturated rings. The third-order valence-corrected chi connectivity index (χ3v) is 2.93. The van der Waals surface area contributed by atoms with Crippen molar-refractivity contribution in [1.82, 2.24) is 4.90 Å². The predicted octanol–water partition coefficient (Wildman–Crippen LogP) is 3.31. The molecule has 1 aromatic rings. The number of ketones is 1. The number of thiophene rings is 1. The molecule has 0 amide bonds. The van der Waals surface area contributed by atoms with Crippen molar-refractivity contribution in [3.8, 4) is 0 Å². The first kappa shape index (κ1) is 11.6. The van der Waals surface area contributed by atoms with Crippen LogP contribution in [-0.4, -0.2) is 24.8 Å². The maximum Gasteiger partial charge on any atom is 0.189 e. The van der Waals surface area contributed by atoms with Crippen LogP contribution in [0.2, 0.25) is 8.67 Å². The molecule has 0 bridgehead atoms. The summed E-state index contributed by atoms with van der Waals surface area (Å²) in [6.07, 6.45) is 3.13. The molecular formula is C9H9Cl2NOS. The van der Waals surface area contributed by atoms with Gasteiger partial charge in [-0.25, -0.2) is 0 Å². The summed E-state index contributed by atoms with van der Waals surface area (Å²) >= 11 is 12.7. The number of hydrogen-bond donors (Lipinski definition) is 0. The zero-order chi connectivity index (χ0) is 10.7. The first-order valence-corrected chi connectivity index (χ1v) is 5.41. The molecule has 0 saturated heterocycles. The Balaban J connectivity index is 2.85. The summed E-state index contributed by atoms with van der Waals surface area (Å²) in [6.45, 7) is 0. The fourth-order valence-corrected chi connectivity index (χ4v) is 2.29. The van der Waals surface area contributed by atoms with Crippen molar-refractivity contribution in [3.63, 3.8) is 0 Å². The summed E-state index contributed by atoms with van der Waals surface area (Å²) in [5, 5.41) is 0. The van der Waals surface area contributed by atoms with Crippen LogP contribution in [0.3, 0.4) is 0 Å². The van der Waals surface area contributed by atoms with Crippen LogP contribution >= 0.6 is 34.5 Å². The lowest BCUT2D eigenvalue weighted by Gasteiger charge is -2.01. The molecule has 1 rings (SSSR count). The number of allylic oxidation sites excluding steroid dienone is 1. The van der Waals surface area contributed by atoms with E-state index in [-0.39, 0.29) is 5.78 Å². The Labute approximate surface area is 96.7 Å². The monoisotopic (exact) mass is 249 g/mol. The van der Waals surface area contributed by atoms with E-state index in [0.717, 1.165) is 0 Å². The molecule has 0 aliphatic carbocycles. The molecule has 5 heteroatoms. The zero-order valence-electron chi connectivity index (χ0n) is 7.75.